The highest BCUT2D eigenvalue weighted by atomic mass is 79.9. The minimum atomic E-state index is -0.303. The summed E-state index contributed by atoms with van der Waals surface area (Å²) >= 11 is 3.31. The van der Waals surface area contributed by atoms with E-state index in [0.29, 0.717) is 5.69 Å². The smallest absolute Gasteiger partial charge is 0.147 e. The summed E-state index contributed by atoms with van der Waals surface area (Å²) in [6.45, 7) is 1.84. The Bertz CT molecular complexity index is 508. The molecule has 2 aromatic rings. The third kappa shape index (κ3) is 2.01. The predicted octanol–water partition coefficient (Wildman–Crippen LogP) is 2.79. The van der Waals surface area contributed by atoms with Gasteiger partial charge in [0.05, 0.1) is 23.9 Å². The van der Waals surface area contributed by atoms with Gasteiger partial charge >= 0.3 is 0 Å². The molecule has 16 heavy (non-hydrogen) atoms. The molecule has 0 saturated carbocycles. The Balaban J connectivity index is 2.58. The summed E-state index contributed by atoms with van der Waals surface area (Å²) in [6, 6.07) is 4.56. The van der Waals surface area contributed by atoms with Crippen LogP contribution in [0.25, 0.3) is 5.69 Å². The van der Waals surface area contributed by atoms with Crippen molar-refractivity contribution in [3.8, 4) is 5.69 Å². The molecule has 0 amide bonds. The highest BCUT2D eigenvalue weighted by Crippen LogP contribution is 2.22. The molecule has 0 spiro atoms. The Morgan fingerprint density at radius 3 is 2.94 bits per heavy atom. The van der Waals surface area contributed by atoms with Gasteiger partial charge in [0.2, 0.25) is 0 Å². The number of aromatic nitrogens is 2. The molecule has 0 aliphatic rings. The minimum Gasteiger partial charge on any atom is -0.323 e. The lowest BCUT2D eigenvalue weighted by atomic mass is 10.2. The van der Waals surface area contributed by atoms with Crippen LogP contribution in [0, 0.1) is 5.82 Å². The predicted molar refractivity (Wildman–Crippen MR) is 63.8 cm³/mol. The molecule has 0 bridgehead atoms. The molecular formula is C11H11BrFN3. The van der Waals surface area contributed by atoms with Gasteiger partial charge in [-0.05, 0) is 25.1 Å². The Morgan fingerprint density at radius 1 is 1.50 bits per heavy atom. The van der Waals surface area contributed by atoms with Gasteiger partial charge in [0.15, 0.2) is 0 Å². The Hall–Kier alpha value is -1.20. The van der Waals surface area contributed by atoms with Crippen molar-refractivity contribution in [2.75, 3.05) is 0 Å². The molecule has 1 atom stereocenters. The molecule has 2 N–H and O–H groups in total. The highest BCUT2D eigenvalue weighted by Gasteiger charge is 2.11. The van der Waals surface area contributed by atoms with E-state index in [0.717, 1.165) is 10.2 Å². The van der Waals surface area contributed by atoms with E-state index in [1.165, 1.54) is 6.07 Å². The number of nitrogens with two attached hydrogens (primary N) is 1. The molecular weight excluding hydrogens is 273 g/mol. The standard InChI is InChI=1S/C11H11BrFN3/c1-7(14)11-5-15-6-16(11)10-4-8(12)2-3-9(10)13/h2-7H,14H2,1H3. The third-order valence-electron chi connectivity index (χ3n) is 2.30. The second-order valence-corrected chi connectivity index (χ2v) is 4.49. The first-order valence-electron chi connectivity index (χ1n) is 4.83. The van der Waals surface area contributed by atoms with E-state index in [-0.39, 0.29) is 11.9 Å². The Kier molecular flexibility index (Phi) is 3.07. The molecule has 0 aliphatic heterocycles. The number of hydrogen-bond donors (Lipinski definition) is 1. The number of rotatable bonds is 2. The van der Waals surface area contributed by atoms with Crippen LogP contribution in [0.1, 0.15) is 18.7 Å². The molecule has 5 heteroatoms. The maximum absolute atomic E-state index is 13.7. The topological polar surface area (TPSA) is 43.8 Å². The zero-order chi connectivity index (χ0) is 11.7. The van der Waals surface area contributed by atoms with Crippen LogP contribution in [-0.4, -0.2) is 9.55 Å². The van der Waals surface area contributed by atoms with E-state index in [1.54, 1.807) is 29.2 Å². The quantitative estimate of drug-likeness (QED) is 0.921. The average molecular weight is 284 g/mol. The van der Waals surface area contributed by atoms with Crippen molar-refractivity contribution in [2.45, 2.75) is 13.0 Å². The van der Waals surface area contributed by atoms with E-state index in [2.05, 4.69) is 20.9 Å². The summed E-state index contributed by atoms with van der Waals surface area (Å²) in [5.74, 6) is -0.303. The second kappa shape index (κ2) is 4.35. The van der Waals surface area contributed by atoms with Gasteiger partial charge in [-0.2, -0.15) is 0 Å². The van der Waals surface area contributed by atoms with E-state index in [1.807, 2.05) is 6.92 Å². The van der Waals surface area contributed by atoms with Crippen molar-refractivity contribution < 1.29 is 4.39 Å². The van der Waals surface area contributed by atoms with E-state index < -0.39 is 0 Å². The van der Waals surface area contributed by atoms with Crippen molar-refractivity contribution in [1.29, 1.82) is 0 Å². The molecule has 2 rings (SSSR count). The Morgan fingerprint density at radius 2 is 2.25 bits per heavy atom. The monoisotopic (exact) mass is 283 g/mol. The number of imidazole rings is 1. The van der Waals surface area contributed by atoms with Crippen molar-refractivity contribution >= 4 is 15.9 Å². The van der Waals surface area contributed by atoms with Crippen LogP contribution >= 0.6 is 15.9 Å². The highest BCUT2D eigenvalue weighted by molar-refractivity contribution is 9.10. The number of benzene rings is 1. The number of nitrogens with zero attached hydrogens (tertiary/aromatic N) is 2. The van der Waals surface area contributed by atoms with Crippen molar-refractivity contribution in [3.05, 3.63) is 46.7 Å². The van der Waals surface area contributed by atoms with Gasteiger partial charge in [0.25, 0.3) is 0 Å². The summed E-state index contributed by atoms with van der Waals surface area (Å²) in [6.07, 6.45) is 3.20. The van der Waals surface area contributed by atoms with Crippen LogP contribution in [0.5, 0.6) is 0 Å². The van der Waals surface area contributed by atoms with Gasteiger partial charge in [0.1, 0.15) is 5.82 Å². The summed E-state index contributed by atoms with van der Waals surface area (Å²) < 4.78 is 16.1. The van der Waals surface area contributed by atoms with Crippen LogP contribution in [0.3, 0.4) is 0 Å². The lowest BCUT2D eigenvalue weighted by molar-refractivity contribution is 0.612. The minimum absolute atomic E-state index is 0.194. The first kappa shape index (κ1) is 11.3. The molecule has 84 valence electrons. The van der Waals surface area contributed by atoms with Crippen LogP contribution < -0.4 is 5.73 Å². The fraction of sp³-hybridized carbons (Fsp3) is 0.182. The van der Waals surface area contributed by atoms with Crippen molar-refractivity contribution in [1.82, 2.24) is 9.55 Å². The number of hydrogen-bond acceptors (Lipinski definition) is 2. The lowest BCUT2D eigenvalue weighted by Gasteiger charge is -2.11. The third-order valence-corrected chi connectivity index (χ3v) is 2.79. The molecule has 0 fully saturated rings. The van der Waals surface area contributed by atoms with Crippen molar-refractivity contribution in [3.63, 3.8) is 0 Å². The summed E-state index contributed by atoms with van der Waals surface area (Å²) in [5.41, 5.74) is 7.01. The summed E-state index contributed by atoms with van der Waals surface area (Å²) in [7, 11) is 0. The normalized spacial score (nSPS) is 12.8. The van der Waals surface area contributed by atoms with Gasteiger partial charge in [-0.25, -0.2) is 9.37 Å². The maximum atomic E-state index is 13.7. The summed E-state index contributed by atoms with van der Waals surface area (Å²) in [4.78, 5) is 3.99. The molecule has 3 nitrogen and oxygen atoms in total. The van der Waals surface area contributed by atoms with Crippen molar-refractivity contribution in [2.24, 2.45) is 5.73 Å². The van der Waals surface area contributed by atoms with Gasteiger partial charge in [-0.1, -0.05) is 15.9 Å². The molecule has 1 unspecified atom stereocenters. The van der Waals surface area contributed by atoms with Gasteiger partial charge < -0.3 is 5.73 Å². The zero-order valence-corrected chi connectivity index (χ0v) is 10.3. The molecule has 1 heterocycles. The van der Waals surface area contributed by atoms with E-state index in [9.17, 15) is 4.39 Å². The number of halogens is 2. The van der Waals surface area contributed by atoms with Crippen LogP contribution in [0.4, 0.5) is 4.39 Å². The lowest BCUT2D eigenvalue weighted by Crippen LogP contribution is -2.11. The maximum Gasteiger partial charge on any atom is 0.147 e. The van der Waals surface area contributed by atoms with Gasteiger partial charge in [-0.3, -0.25) is 4.57 Å². The molecule has 0 aliphatic carbocycles. The first-order valence-corrected chi connectivity index (χ1v) is 5.62. The van der Waals surface area contributed by atoms with Crippen LogP contribution in [0.15, 0.2) is 35.2 Å². The zero-order valence-electron chi connectivity index (χ0n) is 8.69. The first-order chi connectivity index (χ1) is 7.59. The molecule has 1 aromatic heterocycles. The average Bonchev–Trinajstić information content (AvgIpc) is 2.70. The summed E-state index contributed by atoms with van der Waals surface area (Å²) in [5, 5.41) is 0. The Labute approximate surface area is 101 Å². The van der Waals surface area contributed by atoms with E-state index >= 15 is 0 Å². The fourth-order valence-electron chi connectivity index (χ4n) is 1.51. The van der Waals surface area contributed by atoms with Gasteiger partial charge in [-0.15, -0.1) is 0 Å². The second-order valence-electron chi connectivity index (χ2n) is 3.57. The molecule has 0 radical (unpaired) electrons. The molecule has 0 saturated heterocycles. The van der Waals surface area contributed by atoms with Crippen LogP contribution in [0.2, 0.25) is 0 Å². The van der Waals surface area contributed by atoms with E-state index in [4.69, 9.17) is 5.73 Å². The van der Waals surface area contributed by atoms with Crippen LogP contribution in [-0.2, 0) is 0 Å². The SMILES string of the molecule is CC(N)c1cncn1-c1cc(Br)ccc1F. The van der Waals surface area contributed by atoms with Gasteiger partial charge in [0, 0.05) is 10.5 Å². The molecule has 1 aromatic carbocycles. The fourth-order valence-corrected chi connectivity index (χ4v) is 1.86. The largest absolute Gasteiger partial charge is 0.323 e.